The molecule has 3 N–H and O–H groups in total. The van der Waals surface area contributed by atoms with Crippen molar-refractivity contribution in [3.8, 4) is 0 Å². The fourth-order valence-corrected chi connectivity index (χ4v) is 7.44. The van der Waals surface area contributed by atoms with E-state index in [1.54, 1.807) is 0 Å². The average Bonchev–Trinajstić information content (AvgIpc) is 3.26. The van der Waals surface area contributed by atoms with Gasteiger partial charge in [0.15, 0.2) is 0 Å². The summed E-state index contributed by atoms with van der Waals surface area (Å²) in [7, 11) is -4.43. The standard InChI is InChI=1S/C52H92NO8P/c1-3-5-7-9-11-13-15-17-19-21-23-25-27-29-31-33-35-37-39-41-43-45-52(56)59-48-50(54)49-61-62(57,58)60-47-46-53-51(55)44-42-40-38-36-34-32-30-28-26-24-22-20-18-16-14-12-10-8-6-4-2/h5,7,11,13,17,19,23,25,29,31,35,37,50,54H,3-4,6,8-10,12,14-16,18,20-22,24,26-28,30,32-34,36,38-49H2,1-2H3,(H,53,55)(H,57,58)/b7-5-,13-11-,19-17-,25-23-,31-29-,37-35-. The quantitative estimate of drug-likeness (QED) is 0.0238. The van der Waals surface area contributed by atoms with E-state index in [0.29, 0.717) is 12.8 Å². The number of nitrogens with one attached hydrogen (secondary N) is 1. The normalized spacial score (nSPS) is 13.8. The van der Waals surface area contributed by atoms with Crippen LogP contribution in [0.3, 0.4) is 0 Å². The van der Waals surface area contributed by atoms with Crippen LogP contribution in [0.15, 0.2) is 72.9 Å². The van der Waals surface area contributed by atoms with E-state index in [1.807, 2.05) is 0 Å². The van der Waals surface area contributed by atoms with Crippen LogP contribution in [0.5, 0.6) is 0 Å². The molecule has 0 radical (unpaired) electrons. The van der Waals surface area contributed by atoms with Crippen molar-refractivity contribution < 1.29 is 37.9 Å². The Kier molecular flexibility index (Phi) is 45.9. The zero-order chi connectivity index (χ0) is 45.3. The smallest absolute Gasteiger partial charge is 0.463 e. The van der Waals surface area contributed by atoms with Gasteiger partial charge >= 0.3 is 13.8 Å². The summed E-state index contributed by atoms with van der Waals surface area (Å²) in [4.78, 5) is 34.0. The lowest BCUT2D eigenvalue weighted by Gasteiger charge is -2.15. The Morgan fingerprint density at radius 2 is 0.919 bits per heavy atom. The molecule has 0 fully saturated rings. The molecule has 0 bridgehead atoms. The van der Waals surface area contributed by atoms with Gasteiger partial charge in [0.25, 0.3) is 0 Å². The lowest BCUT2D eigenvalue weighted by atomic mass is 10.0. The number of hydrogen-bond donors (Lipinski definition) is 3. The lowest BCUT2D eigenvalue weighted by molar-refractivity contribution is -0.147. The number of unbranched alkanes of at least 4 members (excludes halogenated alkanes) is 21. The molecule has 0 aliphatic heterocycles. The Labute approximate surface area is 380 Å². The van der Waals surface area contributed by atoms with Gasteiger partial charge < -0.3 is 20.1 Å². The van der Waals surface area contributed by atoms with Crippen molar-refractivity contribution in [2.75, 3.05) is 26.4 Å². The van der Waals surface area contributed by atoms with Crippen LogP contribution in [-0.4, -0.2) is 54.3 Å². The highest BCUT2D eigenvalue weighted by Gasteiger charge is 2.23. The second-order valence-electron chi connectivity index (χ2n) is 16.4. The van der Waals surface area contributed by atoms with Crippen molar-refractivity contribution in [2.24, 2.45) is 0 Å². The fraction of sp³-hybridized carbons (Fsp3) is 0.731. The average molecular weight is 890 g/mol. The first kappa shape index (κ1) is 59.5. The first-order valence-electron chi connectivity index (χ1n) is 24.9. The Bertz CT molecular complexity index is 1240. The summed E-state index contributed by atoms with van der Waals surface area (Å²) in [6.45, 7) is 3.41. The minimum atomic E-state index is -4.43. The van der Waals surface area contributed by atoms with Gasteiger partial charge in [0, 0.05) is 19.4 Å². The number of ether oxygens (including phenoxy) is 1. The summed E-state index contributed by atoms with van der Waals surface area (Å²) in [5, 5.41) is 12.7. The number of esters is 1. The van der Waals surface area contributed by atoms with Crippen LogP contribution in [0.25, 0.3) is 0 Å². The molecule has 62 heavy (non-hydrogen) atoms. The number of hydrogen-bond acceptors (Lipinski definition) is 7. The molecular formula is C52H92NO8P. The molecule has 0 spiro atoms. The summed E-state index contributed by atoms with van der Waals surface area (Å²) in [5.74, 6) is -0.558. The van der Waals surface area contributed by atoms with E-state index >= 15 is 0 Å². The van der Waals surface area contributed by atoms with Gasteiger partial charge in [-0.1, -0.05) is 209 Å². The number of aliphatic hydroxyl groups is 1. The lowest BCUT2D eigenvalue weighted by Crippen LogP contribution is -2.27. The van der Waals surface area contributed by atoms with E-state index < -0.39 is 26.5 Å². The van der Waals surface area contributed by atoms with Gasteiger partial charge in [-0.15, -0.1) is 0 Å². The third kappa shape index (κ3) is 48.5. The van der Waals surface area contributed by atoms with Gasteiger partial charge in [-0.3, -0.25) is 18.6 Å². The predicted molar refractivity (Wildman–Crippen MR) is 261 cm³/mol. The highest BCUT2D eigenvalue weighted by Crippen LogP contribution is 2.42. The summed E-state index contributed by atoms with van der Waals surface area (Å²) in [6, 6.07) is 0. The van der Waals surface area contributed by atoms with Gasteiger partial charge in [0.1, 0.15) is 12.7 Å². The SMILES string of the molecule is CC/C=C\C/C=C\C/C=C\C/C=C\C/C=C\C/C=C\CCCCC(=O)OCC(O)COP(=O)(O)OCCNC(=O)CCCCCCCCCCCCCCCCCCCCCC. The molecule has 2 atom stereocenters. The van der Waals surface area contributed by atoms with Gasteiger partial charge in [-0.2, -0.15) is 0 Å². The van der Waals surface area contributed by atoms with E-state index in [1.165, 1.54) is 109 Å². The molecule has 0 aromatic carbocycles. The minimum Gasteiger partial charge on any atom is -0.463 e. The largest absolute Gasteiger partial charge is 0.472 e. The Hall–Kier alpha value is -2.55. The number of aliphatic hydroxyl groups excluding tert-OH is 1. The molecule has 1 amide bonds. The van der Waals surface area contributed by atoms with Gasteiger partial charge in [-0.25, -0.2) is 4.57 Å². The van der Waals surface area contributed by atoms with Crippen LogP contribution >= 0.6 is 7.82 Å². The van der Waals surface area contributed by atoms with Crippen molar-refractivity contribution in [3.63, 3.8) is 0 Å². The van der Waals surface area contributed by atoms with Crippen LogP contribution in [0.2, 0.25) is 0 Å². The maximum Gasteiger partial charge on any atom is 0.472 e. The number of allylic oxidation sites excluding steroid dienone is 12. The van der Waals surface area contributed by atoms with E-state index in [9.17, 15) is 24.2 Å². The van der Waals surface area contributed by atoms with Crippen molar-refractivity contribution in [3.05, 3.63) is 72.9 Å². The number of phosphoric acid groups is 1. The summed E-state index contributed by atoms with van der Waals surface area (Å²) in [5.41, 5.74) is 0. The van der Waals surface area contributed by atoms with E-state index in [0.717, 1.165) is 70.6 Å². The molecule has 0 heterocycles. The molecule has 0 aliphatic carbocycles. The van der Waals surface area contributed by atoms with Gasteiger partial charge in [0.05, 0.1) is 13.2 Å². The summed E-state index contributed by atoms with van der Waals surface area (Å²) < 4.78 is 26.9. The van der Waals surface area contributed by atoms with Crippen LogP contribution in [-0.2, 0) is 27.9 Å². The summed E-state index contributed by atoms with van der Waals surface area (Å²) in [6.07, 6.45) is 59.9. The maximum atomic E-state index is 12.1. The topological polar surface area (TPSA) is 131 Å². The fourth-order valence-electron chi connectivity index (χ4n) is 6.68. The number of rotatable bonds is 46. The van der Waals surface area contributed by atoms with Crippen molar-refractivity contribution in [1.82, 2.24) is 5.32 Å². The van der Waals surface area contributed by atoms with E-state index in [-0.39, 0.29) is 32.1 Å². The zero-order valence-corrected chi connectivity index (χ0v) is 40.4. The second kappa shape index (κ2) is 47.9. The second-order valence-corrected chi connectivity index (χ2v) is 17.9. The minimum absolute atomic E-state index is 0.0756. The maximum absolute atomic E-state index is 12.1. The highest BCUT2D eigenvalue weighted by atomic mass is 31.2. The molecule has 10 heteroatoms. The Balaban J connectivity index is 3.63. The number of phosphoric ester groups is 1. The van der Waals surface area contributed by atoms with Crippen LogP contribution in [0.1, 0.15) is 213 Å². The molecule has 2 unspecified atom stereocenters. The molecule has 0 saturated carbocycles. The molecule has 0 aromatic rings. The molecular weight excluding hydrogens is 798 g/mol. The molecule has 0 saturated heterocycles. The van der Waals surface area contributed by atoms with Crippen molar-refractivity contribution >= 4 is 19.7 Å². The Morgan fingerprint density at radius 3 is 1.37 bits per heavy atom. The number of carbonyl (C=O) groups is 2. The van der Waals surface area contributed by atoms with Crippen LogP contribution in [0, 0.1) is 0 Å². The summed E-state index contributed by atoms with van der Waals surface area (Å²) >= 11 is 0. The number of carbonyl (C=O) groups excluding carboxylic acids is 2. The monoisotopic (exact) mass is 890 g/mol. The molecule has 0 aliphatic rings. The first-order valence-corrected chi connectivity index (χ1v) is 26.4. The van der Waals surface area contributed by atoms with Crippen molar-refractivity contribution in [2.45, 2.75) is 219 Å². The Morgan fingerprint density at radius 1 is 0.516 bits per heavy atom. The van der Waals surface area contributed by atoms with Gasteiger partial charge in [0.2, 0.25) is 5.91 Å². The predicted octanol–water partition coefficient (Wildman–Crippen LogP) is 14.6. The number of amides is 1. The molecule has 9 nitrogen and oxygen atoms in total. The highest BCUT2D eigenvalue weighted by molar-refractivity contribution is 7.47. The molecule has 0 rings (SSSR count). The third-order valence-electron chi connectivity index (χ3n) is 10.4. The van der Waals surface area contributed by atoms with E-state index in [2.05, 4.69) is 92.1 Å². The van der Waals surface area contributed by atoms with Gasteiger partial charge in [-0.05, 0) is 64.2 Å². The molecule has 358 valence electrons. The van der Waals surface area contributed by atoms with E-state index in [4.69, 9.17) is 13.8 Å². The van der Waals surface area contributed by atoms with Crippen LogP contribution < -0.4 is 5.32 Å². The van der Waals surface area contributed by atoms with Crippen molar-refractivity contribution in [1.29, 1.82) is 0 Å². The van der Waals surface area contributed by atoms with Crippen LogP contribution in [0.4, 0.5) is 0 Å². The zero-order valence-electron chi connectivity index (χ0n) is 39.5. The third-order valence-corrected chi connectivity index (χ3v) is 11.4. The first-order chi connectivity index (χ1) is 30.3. The molecule has 0 aromatic heterocycles.